The maximum absolute atomic E-state index is 10.5. The van der Waals surface area contributed by atoms with Gasteiger partial charge in [0.2, 0.25) is 6.08 Å². The lowest BCUT2D eigenvalue weighted by atomic mass is 10.1. The second-order valence-corrected chi connectivity index (χ2v) is 4.18. The summed E-state index contributed by atoms with van der Waals surface area (Å²) in [6, 6.07) is 20.0. The molecular formula is C16H11NO. The molecule has 18 heavy (non-hydrogen) atoms. The molecule has 0 saturated carbocycles. The molecule has 0 unspecified atom stereocenters. The summed E-state index contributed by atoms with van der Waals surface area (Å²) >= 11 is 0. The Kier molecular flexibility index (Phi) is 2.64. The molecule has 86 valence electrons. The zero-order chi connectivity index (χ0) is 12.4. The summed E-state index contributed by atoms with van der Waals surface area (Å²) in [5, 5.41) is 0. The maximum atomic E-state index is 10.5. The normalized spacial score (nSPS) is 14.2. The zero-order valence-corrected chi connectivity index (χ0v) is 9.71. The molecule has 0 N–H and O–H groups in total. The molecule has 2 aromatic carbocycles. The Bertz CT molecular complexity index is 588. The van der Waals surface area contributed by atoms with Crippen molar-refractivity contribution in [2.75, 3.05) is 0 Å². The molecule has 0 radical (unpaired) electrons. The van der Waals surface area contributed by atoms with Crippen molar-refractivity contribution in [1.82, 2.24) is 0 Å². The van der Waals surface area contributed by atoms with E-state index in [0.717, 1.165) is 22.3 Å². The van der Waals surface area contributed by atoms with E-state index in [2.05, 4.69) is 4.99 Å². The van der Waals surface area contributed by atoms with E-state index in [4.69, 9.17) is 0 Å². The van der Waals surface area contributed by atoms with Crippen molar-refractivity contribution in [2.24, 2.45) is 4.99 Å². The van der Waals surface area contributed by atoms with Crippen LogP contribution >= 0.6 is 0 Å². The topological polar surface area (TPSA) is 29.4 Å². The molecule has 1 aliphatic rings. The van der Waals surface area contributed by atoms with Crippen molar-refractivity contribution < 1.29 is 4.79 Å². The van der Waals surface area contributed by atoms with Crippen LogP contribution in [0.2, 0.25) is 0 Å². The largest absolute Gasteiger partial charge is 0.235 e. The molecule has 3 rings (SSSR count). The van der Waals surface area contributed by atoms with Crippen LogP contribution in [0.25, 0.3) is 11.1 Å². The quantitative estimate of drug-likeness (QED) is 0.590. The Balaban J connectivity index is 2.05. The smallest absolute Gasteiger partial charge is 0.211 e. The molecule has 1 aliphatic carbocycles. The van der Waals surface area contributed by atoms with Crippen LogP contribution in [0.4, 0.5) is 0 Å². The molecule has 0 aromatic heterocycles. The molecule has 2 aromatic rings. The zero-order valence-electron chi connectivity index (χ0n) is 9.71. The second kappa shape index (κ2) is 4.44. The Morgan fingerprint density at radius 2 is 1.22 bits per heavy atom. The van der Waals surface area contributed by atoms with E-state index >= 15 is 0 Å². The predicted octanol–water partition coefficient (Wildman–Crippen LogP) is 3.32. The van der Waals surface area contributed by atoms with Gasteiger partial charge in [-0.3, -0.25) is 0 Å². The first-order valence-electron chi connectivity index (χ1n) is 5.83. The van der Waals surface area contributed by atoms with E-state index in [1.807, 2.05) is 60.7 Å². The van der Waals surface area contributed by atoms with Crippen molar-refractivity contribution in [3.05, 3.63) is 71.8 Å². The van der Waals surface area contributed by atoms with Gasteiger partial charge in [-0.25, -0.2) is 4.79 Å². The van der Waals surface area contributed by atoms with Crippen LogP contribution in [0.5, 0.6) is 0 Å². The number of hydrogen-bond donors (Lipinski definition) is 0. The lowest BCUT2D eigenvalue weighted by Gasteiger charge is -1.92. The summed E-state index contributed by atoms with van der Waals surface area (Å²) in [5.41, 5.74) is 4.51. The predicted molar refractivity (Wildman–Crippen MR) is 71.6 cm³/mol. The van der Waals surface area contributed by atoms with Gasteiger partial charge in [-0.2, -0.15) is 4.99 Å². The molecule has 0 bridgehead atoms. The van der Waals surface area contributed by atoms with Crippen molar-refractivity contribution in [1.29, 1.82) is 0 Å². The van der Waals surface area contributed by atoms with Crippen molar-refractivity contribution >= 4 is 17.2 Å². The van der Waals surface area contributed by atoms with Gasteiger partial charge in [0.1, 0.15) is 6.04 Å². The number of isocyanates is 1. The Morgan fingerprint density at radius 1 is 0.778 bits per heavy atom. The third-order valence-electron chi connectivity index (χ3n) is 3.11. The van der Waals surface area contributed by atoms with Gasteiger partial charge in [0.25, 0.3) is 0 Å². The highest BCUT2D eigenvalue weighted by molar-refractivity contribution is 6.14. The third kappa shape index (κ3) is 1.79. The summed E-state index contributed by atoms with van der Waals surface area (Å²) in [6.07, 6.45) is 1.66. The maximum Gasteiger partial charge on any atom is 0.235 e. The van der Waals surface area contributed by atoms with Crippen LogP contribution in [-0.4, -0.2) is 12.1 Å². The molecule has 0 amide bonds. The Labute approximate surface area is 105 Å². The molecule has 0 heterocycles. The summed E-state index contributed by atoms with van der Waals surface area (Å²) in [7, 11) is 0. The lowest BCUT2D eigenvalue weighted by molar-refractivity contribution is 0.563. The van der Waals surface area contributed by atoms with Gasteiger partial charge in [-0.1, -0.05) is 60.7 Å². The summed E-state index contributed by atoms with van der Waals surface area (Å²) in [4.78, 5) is 14.4. The van der Waals surface area contributed by atoms with Crippen LogP contribution < -0.4 is 0 Å². The van der Waals surface area contributed by atoms with E-state index in [9.17, 15) is 4.79 Å². The highest BCUT2D eigenvalue weighted by atomic mass is 16.1. The fourth-order valence-electron chi connectivity index (χ4n) is 2.25. The van der Waals surface area contributed by atoms with E-state index in [-0.39, 0.29) is 6.04 Å². The average Bonchev–Trinajstić information content (AvgIpc) is 3.15. The van der Waals surface area contributed by atoms with Gasteiger partial charge in [0.15, 0.2) is 0 Å². The van der Waals surface area contributed by atoms with E-state index < -0.39 is 0 Å². The van der Waals surface area contributed by atoms with Crippen molar-refractivity contribution in [2.45, 2.75) is 6.04 Å². The third-order valence-corrected chi connectivity index (χ3v) is 3.11. The molecule has 0 spiro atoms. The first-order chi connectivity index (χ1) is 8.92. The van der Waals surface area contributed by atoms with Gasteiger partial charge < -0.3 is 0 Å². The minimum Gasteiger partial charge on any atom is -0.211 e. The van der Waals surface area contributed by atoms with Gasteiger partial charge in [-0.05, 0) is 22.3 Å². The van der Waals surface area contributed by atoms with Gasteiger partial charge in [0.05, 0.1) is 0 Å². The van der Waals surface area contributed by atoms with E-state index in [1.165, 1.54) is 0 Å². The SMILES string of the molecule is O=C=NC1C(c2ccccc2)=C1c1ccccc1. The monoisotopic (exact) mass is 233 g/mol. The van der Waals surface area contributed by atoms with Gasteiger partial charge in [-0.15, -0.1) is 0 Å². The Morgan fingerprint density at radius 3 is 1.61 bits per heavy atom. The average molecular weight is 233 g/mol. The molecule has 0 fully saturated rings. The van der Waals surface area contributed by atoms with E-state index in [1.54, 1.807) is 6.08 Å². The summed E-state index contributed by atoms with van der Waals surface area (Å²) in [5.74, 6) is 0. The minimum absolute atomic E-state index is 0.118. The van der Waals surface area contributed by atoms with Gasteiger partial charge >= 0.3 is 0 Å². The highest BCUT2D eigenvalue weighted by Crippen LogP contribution is 2.49. The number of hydrogen-bond acceptors (Lipinski definition) is 2. The fraction of sp³-hybridized carbons (Fsp3) is 0.0625. The van der Waals surface area contributed by atoms with E-state index in [0.29, 0.717) is 0 Å². The number of carbonyl (C=O) groups excluding carboxylic acids is 1. The second-order valence-electron chi connectivity index (χ2n) is 4.18. The molecule has 2 heteroatoms. The molecule has 0 atom stereocenters. The first kappa shape index (κ1) is 10.7. The first-order valence-corrected chi connectivity index (χ1v) is 5.83. The number of nitrogens with zero attached hydrogens (tertiary/aromatic N) is 1. The summed E-state index contributed by atoms with van der Waals surface area (Å²) in [6.45, 7) is 0. The fourth-order valence-corrected chi connectivity index (χ4v) is 2.25. The van der Waals surface area contributed by atoms with Gasteiger partial charge in [0, 0.05) is 0 Å². The van der Waals surface area contributed by atoms with Crippen LogP contribution in [0.3, 0.4) is 0 Å². The Hall–Kier alpha value is -2.44. The van der Waals surface area contributed by atoms with Crippen LogP contribution in [0.1, 0.15) is 11.1 Å². The lowest BCUT2D eigenvalue weighted by Crippen LogP contribution is -1.85. The van der Waals surface area contributed by atoms with Crippen LogP contribution in [0.15, 0.2) is 65.7 Å². The van der Waals surface area contributed by atoms with Crippen molar-refractivity contribution in [3.8, 4) is 0 Å². The standard InChI is InChI=1S/C16H11NO/c18-11-17-16-14(12-7-3-1-4-8-12)15(16)13-9-5-2-6-10-13/h1-10,16H. The van der Waals surface area contributed by atoms with Crippen LogP contribution in [-0.2, 0) is 4.79 Å². The number of benzene rings is 2. The number of rotatable bonds is 3. The molecular weight excluding hydrogens is 222 g/mol. The molecule has 0 saturated heterocycles. The highest BCUT2D eigenvalue weighted by Gasteiger charge is 2.38. The molecule has 2 nitrogen and oxygen atoms in total. The van der Waals surface area contributed by atoms with Crippen LogP contribution in [0, 0.1) is 0 Å². The molecule has 0 aliphatic heterocycles. The number of aliphatic imine (C=N–C) groups is 1. The minimum atomic E-state index is -0.118. The summed E-state index contributed by atoms with van der Waals surface area (Å²) < 4.78 is 0. The van der Waals surface area contributed by atoms with Crippen molar-refractivity contribution in [3.63, 3.8) is 0 Å².